The minimum absolute atomic E-state index is 0.0320. The van der Waals surface area contributed by atoms with Crippen LogP contribution in [0.2, 0.25) is 0 Å². The zero-order valence-corrected chi connectivity index (χ0v) is 14.7. The van der Waals surface area contributed by atoms with Gasteiger partial charge >= 0.3 is 0 Å². The maximum absolute atomic E-state index is 12.7. The van der Waals surface area contributed by atoms with E-state index < -0.39 is 0 Å². The molecule has 0 saturated carbocycles. The van der Waals surface area contributed by atoms with E-state index in [0.29, 0.717) is 6.54 Å². The largest absolute Gasteiger partial charge is 0.396 e. The molecule has 0 aliphatic rings. The first-order valence-electron chi connectivity index (χ1n) is 7.45. The molecule has 0 atom stereocenters. The smallest absolute Gasteiger partial charge is 0.263 e. The lowest BCUT2D eigenvalue weighted by atomic mass is 10.2. The standard InChI is InChI=1S/C16H22N2O2S2/c1-4-8-18-15(20)13-11(2)12(3)22-14(13)17-16(18)21-10-7-5-6-9-19/h4,19H,1,5-10H2,2-3H3. The highest BCUT2D eigenvalue weighted by Gasteiger charge is 2.15. The molecular formula is C16H22N2O2S2. The van der Waals surface area contributed by atoms with E-state index in [-0.39, 0.29) is 12.2 Å². The second kappa shape index (κ2) is 7.94. The summed E-state index contributed by atoms with van der Waals surface area (Å²) in [4.78, 5) is 19.4. The van der Waals surface area contributed by atoms with Crippen molar-refractivity contribution in [2.24, 2.45) is 0 Å². The van der Waals surface area contributed by atoms with Crippen LogP contribution in [-0.4, -0.2) is 27.0 Å². The Bertz CT molecular complexity index is 719. The van der Waals surface area contributed by atoms with Crippen LogP contribution in [0.15, 0.2) is 22.6 Å². The van der Waals surface area contributed by atoms with Crippen LogP contribution in [0.5, 0.6) is 0 Å². The average Bonchev–Trinajstić information content (AvgIpc) is 2.77. The molecule has 120 valence electrons. The van der Waals surface area contributed by atoms with Gasteiger partial charge in [-0.15, -0.1) is 17.9 Å². The van der Waals surface area contributed by atoms with E-state index in [1.807, 2.05) is 13.8 Å². The van der Waals surface area contributed by atoms with Crippen molar-refractivity contribution in [1.82, 2.24) is 9.55 Å². The molecule has 0 spiro atoms. The molecule has 0 aromatic carbocycles. The summed E-state index contributed by atoms with van der Waals surface area (Å²) >= 11 is 3.20. The van der Waals surface area contributed by atoms with Crippen molar-refractivity contribution in [2.75, 3.05) is 12.4 Å². The molecule has 2 rings (SSSR count). The van der Waals surface area contributed by atoms with Crippen molar-refractivity contribution in [2.45, 2.75) is 44.8 Å². The fourth-order valence-electron chi connectivity index (χ4n) is 2.26. The van der Waals surface area contributed by atoms with Gasteiger partial charge in [0.1, 0.15) is 4.83 Å². The molecule has 0 fully saturated rings. The number of aliphatic hydroxyl groups is 1. The van der Waals surface area contributed by atoms with Crippen molar-refractivity contribution >= 4 is 33.3 Å². The van der Waals surface area contributed by atoms with Crippen LogP contribution >= 0.6 is 23.1 Å². The van der Waals surface area contributed by atoms with Gasteiger partial charge in [0.15, 0.2) is 5.16 Å². The van der Waals surface area contributed by atoms with Crippen molar-refractivity contribution in [3.05, 3.63) is 33.4 Å². The van der Waals surface area contributed by atoms with Gasteiger partial charge in [0, 0.05) is 23.8 Å². The zero-order valence-electron chi connectivity index (χ0n) is 13.1. The van der Waals surface area contributed by atoms with Gasteiger partial charge in [-0.1, -0.05) is 24.3 Å². The molecule has 0 bridgehead atoms. The minimum atomic E-state index is 0.0320. The Labute approximate surface area is 138 Å². The van der Waals surface area contributed by atoms with E-state index in [1.54, 1.807) is 33.7 Å². The molecule has 0 amide bonds. The van der Waals surface area contributed by atoms with E-state index in [2.05, 4.69) is 6.58 Å². The molecule has 6 heteroatoms. The number of rotatable bonds is 8. The summed E-state index contributed by atoms with van der Waals surface area (Å²) in [7, 11) is 0. The predicted molar refractivity (Wildman–Crippen MR) is 95.2 cm³/mol. The first kappa shape index (κ1) is 17.2. The highest BCUT2D eigenvalue weighted by molar-refractivity contribution is 7.99. The number of aryl methyl sites for hydroxylation is 2. The van der Waals surface area contributed by atoms with Gasteiger partial charge in [0.05, 0.1) is 5.39 Å². The van der Waals surface area contributed by atoms with Gasteiger partial charge in [-0.3, -0.25) is 9.36 Å². The number of thioether (sulfide) groups is 1. The zero-order chi connectivity index (χ0) is 16.1. The summed E-state index contributed by atoms with van der Waals surface area (Å²) in [6.07, 6.45) is 4.57. The number of aliphatic hydroxyl groups excluding tert-OH is 1. The van der Waals surface area contributed by atoms with E-state index in [1.165, 1.54) is 0 Å². The van der Waals surface area contributed by atoms with Gasteiger partial charge in [0.25, 0.3) is 5.56 Å². The molecule has 0 aliphatic heterocycles. The fourth-order valence-corrected chi connectivity index (χ4v) is 4.34. The lowest BCUT2D eigenvalue weighted by Crippen LogP contribution is -2.22. The van der Waals surface area contributed by atoms with E-state index in [9.17, 15) is 4.79 Å². The Balaban J connectivity index is 2.33. The van der Waals surface area contributed by atoms with Gasteiger partial charge in [-0.2, -0.15) is 0 Å². The molecule has 0 saturated heterocycles. The molecule has 2 aromatic rings. The van der Waals surface area contributed by atoms with Crippen molar-refractivity contribution in [3.8, 4) is 0 Å². The summed E-state index contributed by atoms with van der Waals surface area (Å²) in [6, 6.07) is 0. The molecule has 2 aromatic heterocycles. The number of hydrogen-bond acceptors (Lipinski definition) is 5. The minimum Gasteiger partial charge on any atom is -0.396 e. The maximum atomic E-state index is 12.7. The third-order valence-electron chi connectivity index (χ3n) is 3.60. The van der Waals surface area contributed by atoms with Crippen LogP contribution in [0.3, 0.4) is 0 Å². The number of fused-ring (bicyclic) bond motifs is 1. The highest BCUT2D eigenvalue weighted by Crippen LogP contribution is 2.28. The van der Waals surface area contributed by atoms with Gasteiger partial charge < -0.3 is 5.11 Å². The third-order valence-corrected chi connectivity index (χ3v) is 5.76. The fraction of sp³-hybridized carbons (Fsp3) is 0.500. The number of hydrogen-bond donors (Lipinski definition) is 1. The molecule has 2 heterocycles. The maximum Gasteiger partial charge on any atom is 0.263 e. The van der Waals surface area contributed by atoms with E-state index in [0.717, 1.165) is 50.8 Å². The Morgan fingerprint density at radius 1 is 1.36 bits per heavy atom. The van der Waals surface area contributed by atoms with Crippen LogP contribution in [0.4, 0.5) is 0 Å². The molecule has 22 heavy (non-hydrogen) atoms. The molecule has 1 N–H and O–H groups in total. The number of thiophene rings is 1. The summed E-state index contributed by atoms with van der Waals surface area (Å²) in [5, 5.41) is 10.3. The van der Waals surface area contributed by atoms with Gasteiger partial charge in [-0.05, 0) is 32.3 Å². The average molecular weight is 338 g/mol. The summed E-state index contributed by atoms with van der Waals surface area (Å²) in [5.74, 6) is 0.901. The number of nitrogens with zero attached hydrogens (tertiary/aromatic N) is 2. The van der Waals surface area contributed by atoms with Crippen LogP contribution < -0.4 is 5.56 Å². The summed E-state index contributed by atoms with van der Waals surface area (Å²) in [6.45, 7) is 8.48. The third kappa shape index (κ3) is 3.62. The topological polar surface area (TPSA) is 55.1 Å². The van der Waals surface area contributed by atoms with E-state index in [4.69, 9.17) is 10.1 Å². The second-order valence-electron chi connectivity index (χ2n) is 5.19. The lowest BCUT2D eigenvalue weighted by molar-refractivity contribution is 0.284. The van der Waals surface area contributed by atoms with E-state index >= 15 is 0 Å². The first-order chi connectivity index (χ1) is 10.6. The van der Waals surface area contributed by atoms with Gasteiger partial charge in [0.2, 0.25) is 0 Å². The van der Waals surface area contributed by atoms with Crippen molar-refractivity contribution in [1.29, 1.82) is 0 Å². The SMILES string of the molecule is C=CCn1c(SCCCCCO)nc2sc(C)c(C)c2c1=O. The monoisotopic (exact) mass is 338 g/mol. The summed E-state index contributed by atoms with van der Waals surface area (Å²) in [5.41, 5.74) is 1.07. The molecule has 4 nitrogen and oxygen atoms in total. The lowest BCUT2D eigenvalue weighted by Gasteiger charge is -2.10. The van der Waals surface area contributed by atoms with Crippen molar-refractivity contribution < 1.29 is 5.11 Å². The molecule has 0 aliphatic carbocycles. The predicted octanol–water partition coefficient (Wildman–Crippen LogP) is 3.52. The Morgan fingerprint density at radius 3 is 2.82 bits per heavy atom. The molecular weight excluding hydrogens is 316 g/mol. The van der Waals surface area contributed by atoms with Crippen LogP contribution in [0.25, 0.3) is 10.2 Å². The van der Waals surface area contributed by atoms with Crippen LogP contribution in [-0.2, 0) is 6.54 Å². The van der Waals surface area contributed by atoms with Gasteiger partial charge in [-0.25, -0.2) is 4.98 Å². The van der Waals surface area contributed by atoms with Crippen LogP contribution in [0.1, 0.15) is 29.7 Å². The molecule has 0 unspecified atom stereocenters. The highest BCUT2D eigenvalue weighted by atomic mass is 32.2. The normalized spacial score (nSPS) is 11.2. The quantitative estimate of drug-likeness (QED) is 0.346. The number of allylic oxidation sites excluding steroid dienone is 1. The molecule has 0 radical (unpaired) electrons. The number of aromatic nitrogens is 2. The number of unbranched alkanes of at least 4 members (excludes halogenated alkanes) is 2. The van der Waals surface area contributed by atoms with Crippen molar-refractivity contribution in [3.63, 3.8) is 0 Å². The Hall–Kier alpha value is -1.11. The Morgan fingerprint density at radius 2 is 2.14 bits per heavy atom. The summed E-state index contributed by atoms with van der Waals surface area (Å²) < 4.78 is 1.71. The van der Waals surface area contributed by atoms with Crippen LogP contribution in [0, 0.1) is 13.8 Å². The first-order valence-corrected chi connectivity index (χ1v) is 9.25. The second-order valence-corrected chi connectivity index (χ2v) is 7.46. The Kier molecular flexibility index (Phi) is 6.23.